The Morgan fingerprint density at radius 1 is 1.06 bits per heavy atom. The topological polar surface area (TPSA) is 35.5 Å². The van der Waals surface area contributed by atoms with Crippen molar-refractivity contribution in [3.05, 3.63) is 0 Å². The molecular weight excluding hydrogens is 298 g/mol. The number of rotatable bonds is 4. The molecular formula is C9H18Cl4O3. The molecule has 0 aliphatic heterocycles. The molecule has 0 rings (SSSR count). The van der Waals surface area contributed by atoms with Gasteiger partial charge in [0.05, 0.1) is 13.2 Å². The van der Waals surface area contributed by atoms with Crippen molar-refractivity contribution < 1.29 is 14.3 Å². The maximum Gasteiger partial charge on any atom is 0.266 e. The second kappa shape index (κ2) is 15.8. The van der Waals surface area contributed by atoms with Gasteiger partial charge in [-0.15, -0.1) is 0 Å². The quantitative estimate of drug-likeness (QED) is 0.584. The lowest BCUT2D eigenvalue weighted by Crippen LogP contribution is -1.96. The third-order valence-electron chi connectivity index (χ3n) is 0.989. The summed E-state index contributed by atoms with van der Waals surface area (Å²) in [5.41, 5.74) is 0. The van der Waals surface area contributed by atoms with E-state index in [2.05, 4.69) is 9.47 Å². The van der Waals surface area contributed by atoms with Crippen LogP contribution in [0.1, 0.15) is 20.3 Å². The van der Waals surface area contributed by atoms with Crippen molar-refractivity contribution in [1.82, 2.24) is 0 Å². The molecule has 0 heterocycles. The van der Waals surface area contributed by atoms with Gasteiger partial charge in [-0.3, -0.25) is 0 Å². The van der Waals surface area contributed by atoms with Gasteiger partial charge < -0.3 is 14.3 Å². The van der Waals surface area contributed by atoms with Crippen LogP contribution in [0.3, 0.4) is 0 Å². The molecule has 0 bridgehead atoms. The fourth-order valence-electron chi connectivity index (χ4n) is 0.167. The minimum atomic E-state index is -1.61. The van der Waals surface area contributed by atoms with Gasteiger partial charge in [0.15, 0.2) is 0 Å². The van der Waals surface area contributed by atoms with Gasteiger partial charge in [-0.2, -0.15) is 0 Å². The highest BCUT2D eigenvalue weighted by Gasteiger charge is 2.11. The highest BCUT2D eigenvalue weighted by atomic mass is 35.6. The van der Waals surface area contributed by atoms with Crippen LogP contribution in [-0.2, 0) is 14.3 Å². The molecule has 0 radical (unpaired) electrons. The van der Waals surface area contributed by atoms with Crippen molar-refractivity contribution in [2.45, 2.75) is 23.5 Å². The maximum absolute atomic E-state index is 9.81. The van der Waals surface area contributed by atoms with Gasteiger partial charge >= 0.3 is 0 Å². The molecule has 7 heteroatoms. The van der Waals surface area contributed by atoms with Crippen LogP contribution in [0.15, 0.2) is 0 Å². The predicted molar refractivity (Wildman–Crippen MR) is 70.9 cm³/mol. The highest BCUT2D eigenvalue weighted by molar-refractivity contribution is 6.83. The first-order valence-corrected chi connectivity index (χ1v) is 5.93. The zero-order valence-electron chi connectivity index (χ0n) is 9.86. The standard InChI is InChI=1S/C4H10O2.C4H8O.CCl4/c1-5-3-4-6-2;1-3-4(2)5;2-1(3,4)5/h3-4H2,1-2H3;3H2,1-2H3;. The maximum atomic E-state index is 9.81. The number of Topliss-reactive ketones (excluding diaryl/α,β-unsaturated/α-hetero) is 1. The Balaban J connectivity index is -0.000000160. The van der Waals surface area contributed by atoms with E-state index in [0.29, 0.717) is 19.6 Å². The Morgan fingerprint density at radius 3 is 1.31 bits per heavy atom. The van der Waals surface area contributed by atoms with Gasteiger partial charge in [-0.05, 0) is 6.92 Å². The van der Waals surface area contributed by atoms with Crippen molar-refractivity contribution in [3.63, 3.8) is 0 Å². The van der Waals surface area contributed by atoms with Crippen molar-refractivity contribution in [2.24, 2.45) is 0 Å². The number of methoxy groups -OCH3 is 2. The van der Waals surface area contributed by atoms with E-state index in [4.69, 9.17) is 46.4 Å². The Bertz CT molecular complexity index is 138. The van der Waals surface area contributed by atoms with E-state index < -0.39 is 3.25 Å². The lowest BCUT2D eigenvalue weighted by atomic mass is 10.4. The largest absolute Gasteiger partial charge is 0.382 e. The molecule has 0 aromatic heterocycles. The first-order valence-electron chi connectivity index (χ1n) is 4.41. The Kier molecular flexibility index (Phi) is 21.6. The molecule has 0 fully saturated rings. The van der Waals surface area contributed by atoms with Crippen molar-refractivity contribution in [3.8, 4) is 0 Å². The summed E-state index contributed by atoms with van der Waals surface area (Å²) in [7, 11) is 3.30. The number of halogens is 4. The van der Waals surface area contributed by atoms with Crippen LogP contribution in [0.25, 0.3) is 0 Å². The lowest BCUT2D eigenvalue weighted by Gasteiger charge is -1.91. The number of hydrogen-bond donors (Lipinski definition) is 0. The molecule has 0 amide bonds. The molecule has 100 valence electrons. The molecule has 3 nitrogen and oxygen atoms in total. The van der Waals surface area contributed by atoms with Gasteiger partial charge in [-0.1, -0.05) is 53.3 Å². The van der Waals surface area contributed by atoms with E-state index in [1.165, 1.54) is 0 Å². The molecule has 0 aliphatic carbocycles. The summed E-state index contributed by atoms with van der Waals surface area (Å²) >= 11 is 19.3. The Hall–Kier alpha value is 0.750. The average Bonchev–Trinajstić information content (AvgIpc) is 2.13. The summed E-state index contributed by atoms with van der Waals surface area (Å²) in [5.74, 6) is 0.255. The number of hydrogen-bond acceptors (Lipinski definition) is 3. The fourth-order valence-corrected chi connectivity index (χ4v) is 0.167. The molecule has 0 atom stereocenters. The van der Waals surface area contributed by atoms with E-state index in [0.717, 1.165) is 0 Å². The van der Waals surface area contributed by atoms with E-state index >= 15 is 0 Å². The summed E-state index contributed by atoms with van der Waals surface area (Å²) in [5, 5.41) is 0. The minimum Gasteiger partial charge on any atom is -0.382 e. The monoisotopic (exact) mass is 314 g/mol. The van der Waals surface area contributed by atoms with Crippen LogP contribution >= 0.6 is 46.4 Å². The first kappa shape index (κ1) is 22.0. The number of alkyl halides is 4. The summed E-state index contributed by atoms with van der Waals surface area (Å²) in [6, 6.07) is 0. The van der Waals surface area contributed by atoms with E-state index in [1.54, 1.807) is 21.1 Å². The number of carbonyl (C=O) groups excluding carboxylic acids is 1. The van der Waals surface area contributed by atoms with E-state index in [-0.39, 0.29) is 5.78 Å². The van der Waals surface area contributed by atoms with Gasteiger partial charge in [0.2, 0.25) is 0 Å². The number of ether oxygens (including phenoxy) is 2. The van der Waals surface area contributed by atoms with Crippen LogP contribution in [0.5, 0.6) is 0 Å². The van der Waals surface area contributed by atoms with Crippen LogP contribution < -0.4 is 0 Å². The van der Waals surface area contributed by atoms with Crippen LogP contribution in [0.4, 0.5) is 0 Å². The molecule has 0 saturated heterocycles. The first-order chi connectivity index (χ1) is 7.18. The molecule has 0 aromatic rings. The summed E-state index contributed by atoms with van der Waals surface area (Å²) in [6.07, 6.45) is 0.667. The van der Waals surface area contributed by atoms with Gasteiger partial charge in [0, 0.05) is 20.6 Å². The lowest BCUT2D eigenvalue weighted by molar-refractivity contribution is -0.116. The Morgan fingerprint density at radius 2 is 1.25 bits per heavy atom. The molecule has 0 aliphatic rings. The third kappa shape index (κ3) is 84.3. The minimum absolute atomic E-state index is 0.255. The highest BCUT2D eigenvalue weighted by Crippen LogP contribution is 2.29. The van der Waals surface area contributed by atoms with Crippen LogP contribution in [0.2, 0.25) is 0 Å². The fraction of sp³-hybridized carbons (Fsp3) is 0.889. The normalized spacial score (nSPS) is 9.50. The number of carbonyl (C=O) groups is 1. The third-order valence-corrected chi connectivity index (χ3v) is 0.989. The van der Waals surface area contributed by atoms with Crippen LogP contribution in [0, 0.1) is 0 Å². The van der Waals surface area contributed by atoms with Gasteiger partial charge in [0.25, 0.3) is 3.25 Å². The molecule has 16 heavy (non-hydrogen) atoms. The summed E-state index contributed by atoms with van der Waals surface area (Å²) < 4.78 is 7.70. The van der Waals surface area contributed by atoms with Gasteiger partial charge in [0.1, 0.15) is 5.78 Å². The second-order valence-electron chi connectivity index (χ2n) is 2.47. The smallest absolute Gasteiger partial charge is 0.266 e. The molecule has 0 spiro atoms. The van der Waals surface area contributed by atoms with Gasteiger partial charge in [-0.25, -0.2) is 0 Å². The van der Waals surface area contributed by atoms with E-state index in [1.807, 2.05) is 6.92 Å². The van der Waals surface area contributed by atoms with E-state index in [9.17, 15) is 4.79 Å². The molecule has 0 N–H and O–H groups in total. The zero-order chi connectivity index (χ0) is 13.6. The van der Waals surface area contributed by atoms with Crippen molar-refractivity contribution in [1.29, 1.82) is 0 Å². The molecule has 0 unspecified atom stereocenters. The molecule has 0 aromatic carbocycles. The summed E-state index contributed by atoms with van der Waals surface area (Å²) in [6.45, 7) is 4.81. The average molecular weight is 316 g/mol. The second-order valence-corrected chi connectivity index (χ2v) is 5.90. The Labute approximate surface area is 117 Å². The predicted octanol–water partition coefficient (Wildman–Crippen LogP) is 3.82. The van der Waals surface area contributed by atoms with Crippen molar-refractivity contribution in [2.75, 3.05) is 27.4 Å². The van der Waals surface area contributed by atoms with Crippen LogP contribution in [-0.4, -0.2) is 36.5 Å². The number of ketones is 1. The SMILES string of the molecule is CCC(C)=O.COCCOC.ClC(Cl)(Cl)Cl. The van der Waals surface area contributed by atoms with Crippen molar-refractivity contribution >= 4 is 52.2 Å². The molecule has 0 saturated carbocycles. The summed E-state index contributed by atoms with van der Waals surface area (Å²) in [4.78, 5) is 9.81. The zero-order valence-corrected chi connectivity index (χ0v) is 12.9.